The van der Waals surface area contributed by atoms with Gasteiger partial charge >= 0.3 is 39.5 Å². The highest BCUT2D eigenvalue weighted by atomic mass is 31.2. The van der Waals surface area contributed by atoms with Crippen LogP contribution in [0.3, 0.4) is 0 Å². The number of hydrogen-bond acceptors (Lipinski definition) is 15. The Morgan fingerprint density at radius 1 is 0.337 bits per heavy atom. The quantitative estimate of drug-likeness (QED) is 0.0222. The molecule has 0 aromatic rings. The molecule has 0 heterocycles. The Kier molecular flexibility index (Phi) is 56.9. The standard InChI is InChI=1S/C67H130O17P2/c1-8-10-11-12-13-25-34-41-48-64(69)77-54-63(84-67(72)51-44-37-29-27-32-39-46-59(5)6)57-82-86(75,76)80-53-61(68)52-79-85(73,74)81-56-62(55-78-65(70)49-42-35-30-28-33-40-47-60(7)9-2)83-66(71)50-43-36-26-23-21-19-17-15-14-16-18-20-22-24-31-38-45-58(3)4/h58-63,68H,8-57H2,1-7H3,(H,73,74)(H,75,76)/t60?,61-,62-,63-/m1/s1. The largest absolute Gasteiger partial charge is 0.472 e. The van der Waals surface area contributed by atoms with Crippen LogP contribution in [0.1, 0.15) is 331 Å². The molecule has 3 unspecified atom stereocenters. The summed E-state index contributed by atoms with van der Waals surface area (Å²) in [6.07, 6.45) is 40.7. The Bertz CT molecular complexity index is 1700. The molecule has 19 heteroatoms. The molecule has 0 spiro atoms. The third-order valence-electron chi connectivity index (χ3n) is 15.7. The first-order chi connectivity index (χ1) is 41.3. The SMILES string of the molecule is CCCCCCCCCCC(=O)OC[C@H](COP(=O)(O)OC[C@H](O)COP(=O)(O)OC[C@@H](COC(=O)CCCCCCCCC(C)CC)OC(=O)CCCCCCCCCCCCCCCCCCC(C)C)OC(=O)CCCCCCCCC(C)C. The van der Waals surface area contributed by atoms with Gasteiger partial charge in [0.2, 0.25) is 0 Å². The van der Waals surface area contributed by atoms with Gasteiger partial charge in [0.1, 0.15) is 19.3 Å². The summed E-state index contributed by atoms with van der Waals surface area (Å²) in [7, 11) is -9.89. The molecule has 0 amide bonds. The highest BCUT2D eigenvalue weighted by molar-refractivity contribution is 7.47. The molecular formula is C67H130O17P2. The molecule has 0 aromatic carbocycles. The van der Waals surface area contributed by atoms with Crippen molar-refractivity contribution in [3.8, 4) is 0 Å². The summed E-state index contributed by atoms with van der Waals surface area (Å²) in [6.45, 7) is 11.7. The van der Waals surface area contributed by atoms with Gasteiger partial charge in [-0.25, -0.2) is 9.13 Å². The molecule has 6 atom stereocenters. The van der Waals surface area contributed by atoms with Crippen molar-refractivity contribution >= 4 is 39.5 Å². The minimum absolute atomic E-state index is 0.102. The summed E-state index contributed by atoms with van der Waals surface area (Å²) in [4.78, 5) is 72.2. The van der Waals surface area contributed by atoms with Gasteiger partial charge in [0.25, 0.3) is 0 Å². The number of aliphatic hydroxyl groups is 1. The lowest BCUT2D eigenvalue weighted by Gasteiger charge is -2.21. The van der Waals surface area contributed by atoms with E-state index in [4.69, 9.17) is 37.0 Å². The van der Waals surface area contributed by atoms with E-state index in [0.29, 0.717) is 31.6 Å². The predicted octanol–water partition coefficient (Wildman–Crippen LogP) is 18.7. The molecule has 0 rings (SSSR count). The van der Waals surface area contributed by atoms with Crippen LogP contribution in [0.5, 0.6) is 0 Å². The number of phosphoric acid groups is 2. The van der Waals surface area contributed by atoms with E-state index in [-0.39, 0.29) is 25.7 Å². The smallest absolute Gasteiger partial charge is 0.462 e. The van der Waals surface area contributed by atoms with E-state index in [2.05, 4.69) is 48.5 Å². The van der Waals surface area contributed by atoms with Crippen molar-refractivity contribution in [2.45, 2.75) is 349 Å². The molecule has 0 saturated carbocycles. The van der Waals surface area contributed by atoms with Gasteiger partial charge in [0.05, 0.1) is 26.4 Å². The summed E-state index contributed by atoms with van der Waals surface area (Å²) in [5.41, 5.74) is 0. The van der Waals surface area contributed by atoms with Crippen LogP contribution in [0.4, 0.5) is 0 Å². The number of carbonyl (C=O) groups is 4. The molecule has 86 heavy (non-hydrogen) atoms. The van der Waals surface area contributed by atoms with Crippen LogP contribution >= 0.6 is 15.6 Å². The van der Waals surface area contributed by atoms with Gasteiger partial charge < -0.3 is 33.8 Å². The Balaban J connectivity index is 5.16. The number of esters is 4. The van der Waals surface area contributed by atoms with Crippen molar-refractivity contribution in [3.63, 3.8) is 0 Å². The van der Waals surface area contributed by atoms with E-state index in [1.54, 1.807) is 0 Å². The maximum atomic E-state index is 13.0. The van der Waals surface area contributed by atoms with E-state index in [1.165, 1.54) is 128 Å². The number of unbranched alkanes of at least 4 members (excludes halogenated alkanes) is 32. The molecule has 0 aliphatic carbocycles. The number of aliphatic hydroxyl groups excluding tert-OH is 1. The van der Waals surface area contributed by atoms with Gasteiger partial charge in [-0.15, -0.1) is 0 Å². The first-order valence-electron chi connectivity index (χ1n) is 34.9. The lowest BCUT2D eigenvalue weighted by Crippen LogP contribution is -2.30. The first-order valence-corrected chi connectivity index (χ1v) is 37.9. The first kappa shape index (κ1) is 84.1. The summed E-state index contributed by atoms with van der Waals surface area (Å²) in [5.74, 6) is 0.0705. The Morgan fingerprint density at radius 3 is 0.884 bits per heavy atom. The third kappa shape index (κ3) is 59.7. The van der Waals surface area contributed by atoms with Crippen LogP contribution in [0.2, 0.25) is 0 Å². The van der Waals surface area contributed by atoms with Crippen molar-refractivity contribution in [2.75, 3.05) is 39.6 Å². The molecule has 0 aliphatic rings. The lowest BCUT2D eigenvalue weighted by atomic mass is 10.00. The summed E-state index contributed by atoms with van der Waals surface area (Å²) >= 11 is 0. The van der Waals surface area contributed by atoms with Crippen LogP contribution in [0.15, 0.2) is 0 Å². The number of carbonyl (C=O) groups excluding carboxylic acids is 4. The zero-order valence-corrected chi connectivity index (χ0v) is 57.6. The second-order valence-electron chi connectivity index (χ2n) is 25.4. The van der Waals surface area contributed by atoms with Gasteiger partial charge in [0.15, 0.2) is 12.2 Å². The minimum atomic E-state index is -4.95. The van der Waals surface area contributed by atoms with E-state index in [9.17, 15) is 43.2 Å². The number of rotatable bonds is 65. The Labute approximate surface area is 524 Å². The fraction of sp³-hybridized carbons (Fsp3) is 0.940. The molecule has 0 fully saturated rings. The van der Waals surface area contributed by atoms with Gasteiger partial charge in [-0.2, -0.15) is 0 Å². The molecule has 17 nitrogen and oxygen atoms in total. The zero-order valence-electron chi connectivity index (χ0n) is 55.8. The number of phosphoric ester groups is 2. The normalized spacial score (nSPS) is 14.6. The van der Waals surface area contributed by atoms with Gasteiger partial charge in [-0.1, -0.05) is 280 Å². The third-order valence-corrected chi connectivity index (χ3v) is 17.6. The molecular weight excluding hydrogens is 1140 g/mol. The van der Waals surface area contributed by atoms with E-state index < -0.39 is 97.5 Å². The second-order valence-corrected chi connectivity index (χ2v) is 28.3. The topological polar surface area (TPSA) is 237 Å². The average molecular weight is 1270 g/mol. The highest BCUT2D eigenvalue weighted by Crippen LogP contribution is 2.45. The fourth-order valence-electron chi connectivity index (χ4n) is 9.98. The monoisotopic (exact) mass is 1270 g/mol. The number of ether oxygens (including phenoxy) is 4. The van der Waals surface area contributed by atoms with E-state index >= 15 is 0 Å². The zero-order chi connectivity index (χ0) is 63.8. The van der Waals surface area contributed by atoms with Gasteiger partial charge in [-0.3, -0.25) is 37.3 Å². The molecule has 0 saturated heterocycles. The van der Waals surface area contributed by atoms with Crippen molar-refractivity contribution in [2.24, 2.45) is 17.8 Å². The van der Waals surface area contributed by atoms with Gasteiger partial charge in [0, 0.05) is 25.7 Å². The molecule has 0 radical (unpaired) electrons. The van der Waals surface area contributed by atoms with Crippen molar-refractivity contribution in [1.29, 1.82) is 0 Å². The maximum absolute atomic E-state index is 13.0. The summed E-state index contributed by atoms with van der Waals surface area (Å²) in [6, 6.07) is 0. The van der Waals surface area contributed by atoms with Crippen LogP contribution in [-0.4, -0.2) is 96.7 Å². The summed E-state index contributed by atoms with van der Waals surface area (Å²) in [5, 5.41) is 10.5. The van der Waals surface area contributed by atoms with Crippen LogP contribution in [-0.2, 0) is 65.4 Å². The molecule has 0 bridgehead atoms. The van der Waals surface area contributed by atoms with Gasteiger partial charge in [-0.05, 0) is 43.4 Å². The van der Waals surface area contributed by atoms with Crippen LogP contribution < -0.4 is 0 Å². The minimum Gasteiger partial charge on any atom is -0.462 e. The molecule has 3 N–H and O–H groups in total. The maximum Gasteiger partial charge on any atom is 0.472 e. The molecule has 0 aliphatic heterocycles. The predicted molar refractivity (Wildman–Crippen MR) is 344 cm³/mol. The molecule has 0 aromatic heterocycles. The van der Waals surface area contributed by atoms with Crippen molar-refractivity contribution in [3.05, 3.63) is 0 Å². The average Bonchev–Trinajstić information content (AvgIpc) is 3.60. The Hall–Kier alpha value is -1.94. The van der Waals surface area contributed by atoms with Crippen LogP contribution in [0, 0.1) is 17.8 Å². The van der Waals surface area contributed by atoms with Crippen molar-refractivity contribution < 1.29 is 80.2 Å². The van der Waals surface area contributed by atoms with E-state index in [1.807, 2.05) is 0 Å². The molecule has 510 valence electrons. The Morgan fingerprint density at radius 2 is 0.593 bits per heavy atom. The van der Waals surface area contributed by atoms with Crippen molar-refractivity contribution in [1.82, 2.24) is 0 Å². The lowest BCUT2D eigenvalue weighted by molar-refractivity contribution is -0.161. The second kappa shape index (κ2) is 58.2. The highest BCUT2D eigenvalue weighted by Gasteiger charge is 2.30. The number of hydrogen-bond donors (Lipinski definition) is 3. The fourth-order valence-corrected chi connectivity index (χ4v) is 11.6. The summed E-state index contributed by atoms with van der Waals surface area (Å²) < 4.78 is 68.0. The van der Waals surface area contributed by atoms with E-state index in [0.717, 1.165) is 115 Å². The van der Waals surface area contributed by atoms with Crippen LogP contribution in [0.25, 0.3) is 0 Å².